The van der Waals surface area contributed by atoms with Crippen molar-refractivity contribution in [1.82, 2.24) is 0 Å². The third-order valence-corrected chi connectivity index (χ3v) is 6.29. The lowest BCUT2D eigenvalue weighted by atomic mass is 9.99. The summed E-state index contributed by atoms with van der Waals surface area (Å²) in [6.07, 6.45) is 1.03. The van der Waals surface area contributed by atoms with Gasteiger partial charge in [-0.25, -0.2) is 13.2 Å². The monoisotopic (exact) mass is 386 g/mol. The maximum absolute atomic E-state index is 12.7. The number of esters is 1. The molecule has 0 bridgehead atoms. The Kier molecular flexibility index (Phi) is 4.39. The Morgan fingerprint density at radius 2 is 1.78 bits per heavy atom. The average Bonchev–Trinajstić information content (AvgIpc) is 3.09. The topological polar surface area (TPSA) is 78.9 Å². The molecule has 27 heavy (non-hydrogen) atoms. The van der Waals surface area contributed by atoms with Crippen LogP contribution in [-0.4, -0.2) is 26.9 Å². The Bertz CT molecular complexity index is 1020. The average molecular weight is 386 g/mol. The second-order valence-electron chi connectivity index (χ2n) is 6.62. The second kappa shape index (κ2) is 6.74. The van der Waals surface area contributed by atoms with Crippen molar-refractivity contribution in [2.45, 2.75) is 24.3 Å². The number of ether oxygens (including phenoxy) is 3. The second-order valence-corrected chi connectivity index (χ2v) is 8.61. The van der Waals surface area contributed by atoms with Crippen molar-refractivity contribution in [3.05, 3.63) is 65.2 Å². The van der Waals surface area contributed by atoms with Crippen LogP contribution in [0.2, 0.25) is 0 Å². The molecule has 2 heterocycles. The number of sulfone groups is 1. The Hall–Kier alpha value is -2.80. The zero-order chi connectivity index (χ0) is 19.0. The van der Waals surface area contributed by atoms with Gasteiger partial charge in [0.1, 0.15) is 6.10 Å². The van der Waals surface area contributed by atoms with Gasteiger partial charge in [-0.15, -0.1) is 0 Å². The Morgan fingerprint density at radius 3 is 2.56 bits per heavy atom. The van der Waals surface area contributed by atoms with E-state index >= 15 is 0 Å². The lowest BCUT2D eigenvalue weighted by Gasteiger charge is -2.23. The highest BCUT2D eigenvalue weighted by molar-refractivity contribution is 7.91. The summed E-state index contributed by atoms with van der Waals surface area (Å²) < 4.78 is 41.4. The van der Waals surface area contributed by atoms with Crippen LogP contribution in [0.5, 0.6) is 11.5 Å². The van der Waals surface area contributed by atoms with Crippen molar-refractivity contribution in [2.75, 3.05) is 12.5 Å². The number of aryl methyl sites for hydroxylation is 1. The van der Waals surface area contributed by atoms with E-state index in [0.29, 0.717) is 23.5 Å². The number of hydrogen-bond acceptors (Lipinski definition) is 6. The minimum Gasteiger partial charge on any atom is -0.454 e. The summed E-state index contributed by atoms with van der Waals surface area (Å²) >= 11 is 0. The van der Waals surface area contributed by atoms with Crippen LogP contribution in [0, 0.1) is 6.92 Å². The van der Waals surface area contributed by atoms with Crippen LogP contribution in [0.3, 0.4) is 0 Å². The summed E-state index contributed by atoms with van der Waals surface area (Å²) in [6, 6.07) is 12.0. The third-order valence-electron chi connectivity index (χ3n) is 4.55. The molecule has 0 radical (unpaired) electrons. The van der Waals surface area contributed by atoms with E-state index in [1.165, 1.54) is 6.08 Å². The highest BCUT2D eigenvalue weighted by atomic mass is 32.2. The fourth-order valence-electron chi connectivity index (χ4n) is 3.15. The molecule has 0 spiro atoms. The van der Waals surface area contributed by atoms with Crippen LogP contribution in [0.25, 0.3) is 0 Å². The van der Waals surface area contributed by atoms with E-state index in [9.17, 15) is 13.2 Å². The molecular weight excluding hydrogens is 368 g/mol. The lowest BCUT2D eigenvalue weighted by molar-refractivity contribution is -0.144. The highest BCUT2D eigenvalue weighted by Gasteiger charge is 2.28. The number of carbonyl (C=O) groups is 1. The van der Waals surface area contributed by atoms with E-state index in [2.05, 4.69) is 0 Å². The minimum absolute atomic E-state index is 0.156. The third kappa shape index (κ3) is 3.68. The fourth-order valence-corrected chi connectivity index (χ4v) is 4.56. The molecule has 2 aromatic carbocycles. The van der Waals surface area contributed by atoms with Gasteiger partial charge < -0.3 is 14.2 Å². The SMILES string of the molecule is Cc1ccc(S(=O)(=O)CC2=CC(=O)OC(c3ccc4c(c3)OCO4)C2)cc1. The summed E-state index contributed by atoms with van der Waals surface area (Å²) in [5, 5.41) is 0. The van der Waals surface area contributed by atoms with Crippen LogP contribution in [0.4, 0.5) is 0 Å². The lowest BCUT2D eigenvalue weighted by Crippen LogP contribution is -2.20. The summed E-state index contributed by atoms with van der Waals surface area (Å²) in [6.45, 7) is 2.05. The standard InChI is InChI=1S/C20H18O6S/c1-13-2-5-16(6-3-13)27(22,23)11-14-8-18(26-20(21)9-14)15-4-7-17-19(10-15)25-12-24-17/h2-7,9-10,18H,8,11-12H2,1H3. The van der Waals surface area contributed by atoms with Crippen molar-refractivity contribution in [3.63, 3.8) is 0 Å². The molecular formula is C20H18O6S. The maximum Gasteiger partial charge on any atom is 0.331 e. The highest BCUT2D eigenvalue weighted by Crippen LogP contribution is 2.38. The molecule has 6 nitrogen and oxygen atoms in total. The number of cyclic esters (lactones) is 1. The first kappa shape index (κ1) is 17.6. The van der Waals surface area contributed by atoms with Gasteiger partial charge in [0, 0.05) is 12.5 Å². The molecule has 140 valence electrons. The first-order chi connectivity index (χ1) is 12.9. The van der Waals surface area contributed by atoms with Crippen molar-refractivity contribution < 1.29 is 27.4 Å². The van der Waals surface area contributed by atoms with Crippen LogP contribution >= 0.6 is 0 Å². The van der Waals surface area contributed by atoms with Gasteiger partial charge in [-0.05, 0) is 42.3 Å². The minimum atomic E-state index is -3.54. The number of hydrogen-bond donors (Lipinski definition) is 0. The van der Waals surface area contributed by atoms with Crippen molar-refractivity contribution in [1.29, 1.82) is 0 Å². The summed E-state index contributed by atoms with van der Waals surface area (Å²) in [7, 11) is -3.54. The molecule has 1 atom stereocenters. The first-order valence-electron chi connectivity index (χ1n) is 8.50. The molecule has 1 unspecified atom stereocenters. The maximum atomic E-state index is 12.7. The Morgan fingerprint density at radius 1 is 1.04 bits per heavy atom. The quantitative estimate of drug-likeness (QED) is 0.752. The predicted molar refractivity (Wildman–Crippen MR) is 97.3 cm³/mol. The largest absolute Gasteiger partial charge is 0.454 e. The van der Waals surface area contributed by atoms with Gasteiger partial charge in [-0.3, -0.25) is 0 Å². The molecule has 0 saturated heterocycles. The smallest absolute Gasteiger partial charge is 0.331 e. The normalized spacial score (nSPS) is 18.8. The number of benzene rings is 2. The van der Waals surface area contributed by atoms with E-state index in [-0.39, 0.29) is 17.4 Å². The van der Waals surface area contributed by atoms with Gasteiger partial charge in [0.25, 0.3) is 0 Å². The van der Waals surface area contributed by atoms with Crippen molar-refractivity contribution in [3.8, 4) is 11.5 Å². The van der Waals surface area contributed by atoms with Crippen molar-refractivity contribution >= 4 is 15.8 Å². The molecule has 0 aromatic heterocycles. The Labute approximate surface area is 157 Å². The van der Waals surface area contributed by atoms with Crippen LogP contribution in [-0.2, 0) is 19.4 Å². The van der Waals surface area contributed by atoms with E-state index in [1.807, 2.05) is 6.92 Å². The van der Waals surface area contributed by atoms with Gasteiger partial charge in [0.05, 0.1) is 10.6 Å². The first-order valence-corrected chi connectivity index (χ1v) is 10.1. The molecule has 0 N–H and O–H groups in total. The molecule has 2 aliphatic rings. The molecule has 0 amide bonds. The van der Waals surface area contributed by atoms with Gasteiger partial charge >= 0.3 is 5.97 Å². The molecule has 4 rings (SSSR count). The van der Waals surface area contributed by atoms with Crippen molar-refractivity contribution in [2.24, 2.45) is 0 Å². The predicted octanol–water partition coefficient (Wildman–Crippen LogP) is 3.11. The molecule has 0 aliphatic carbocycles. The van der Waals surface area contributed by atoms with Gasteiger partial charge in [0.2, 0.25) is 6.79 Å². The van der Waals surface area contributed by atoms with E-state index in [1.54, 1.807) is 42.5 Å². The molecule has 2 aromatic rings. The molecule has 7 heteroatoms. The van der Waals surface area contributed by atoms with E-state index < -0.39 is 21.9 Å². The summed E-state index contributed by atoms with van der Waals surface area (Å²) in [5.74, 6) is 0.468. The van der Waals surface area contributed by atoms with Crippen LogP contribution < -0.4 is 9.47 Å². The summed E-state index contributed by atoms with van der Waals surface area (Å²) in [4.78, 5) is 12.3. The zero-order valence-electron chi connectivity index (χ0n) is 14.7. The van der Waals surface area contributed by atoms with Crippen LogP contribution in [0.15, 0.2) is 59.0 Å². The van der Waals surface area contributed by atoms with E-state index in [4.69, 9.17) is 14.2 Å². The van der Waals surface area contributed by atoms with Gasteiger partial charge in [0.15, 0.2) is 21.3 Å². The number of fused-ring (bicyclic) bond motifs is 1. The summed E-state index contributed by atoms with van der Waals surface area (Å²) in [5.41, 5.74) is 2.25. The van der Waals surface area contributed by atoms with Crippen LogP contribution in [0.1, 0.15) is 23.7 Å². The number of rotatable bonds is 4. The molecule has 0 saturated carbocycles. The van der Waals surface area contributed by atoms with E-state index in [0.717, 1.165) is 11.1 Å². The fraction of sp³-hybridized carbons (Fsp3) is 0.250. The van der Waals surface area contributed by atoms with Gasteiger partial charge in [-0.2, -0.15) is 0 Å². The van der Waals surface area contributed by atoms with Gasteiger partial charge in [-0.1, -0.05) is 23.8 Å². The zero-order valence-corrected chi connectivity index (χ0v) is 15.5. The molecule has 2 aliphatic heterocycles. The Balaban J connectivity index is 1.55. The molecule has 0 fully saturated rings. The number of carbonyl (C=O) groups excluding carboxylic acids is 1.